The first-order valence-corrected chi connectivity index (χ1v) is 9.41. The molecule has 1 aromatic carbocycles. The third kappa shape index (κ3) is 3.30. The van der Waals surface area contributed by atoms with Gasteiger partial charge in [-0.05, 0) is 37.3 Å². The van der Waals surface area contributed by atoms with Crippen LogP contribution in [0, 0.1) is 5.92 Å². The van der Waals surface area contributed by atoms with Gasteiger partial charge in [0.15, 0.2) is 0 Å². The summed E-state index contributed by atoms with van der Waals surface area (Å²) in [5.74, 6) is -0.598. The molecule has 2 N–H and O–H groups in total. The van der Waals surface area contributed by atoms with Crippen LogP contribution >= 0.6 is 11.6 Å². The van der Waals surface area contributed by atoms with E-state index < -0.39 is 11.6 Å². The molecule has 1 saturated carbocycles. The van der Waals surface area contributed by atoms with Crippen LogP contribution in [-0.2, 0) is 9.59 Å². The van der Waals surface area contributed by atoms with Crippen LogP contribution < -0.4 is 10.6 Å². The number of amides is 4. The highest BCUT2D eigenvalue weighted by Gasteiger charge is 2.55. The van der Waals surface area contributed by atoms with Gasteiger partial charge in [-0.2, -0.15) is 0 Å². The molecule has 0 radical (unpaired) electrons. The molecule has 1 aliphatic heterocycles. The molecule has 1 saturated heterocycles. The summed E-state index contributed by atoms with van der Waals surface area (Å²) in [5, 5.41) is 6.23. The molecule has 2 aliphatic rings. The van der Waals surface area contributed by atoms with Gasteiger partial charge in [-0.25, -0.2) is 4.79 Å². The van der Waals surface area contributed by atoms with E-state index in [1.165, 1.54) is 0 Å². The van der Waals surface area contributed by atoms with Crippen molar-refractivity contribution in [3.05, 3.63) is 34.9 Å². The second-order valence-corrected chi connectivity index (χ2v) is 7.66. The summed E-state index contributed by atoms with van der Waals surface area (Å²) in [6.07, 6.45) is 3.49. The van der Waals surface area contributed by atoms with Gasteiger partial charge in [0.25, 0.3) is 5.91 Å². The van der Waals surface area contributed by atoms with Crippen LogP contribution in [0.5, 0.6) is 0 Å². The maximum Gasteiger partial charge on any atom is 0.325 e. The van der Waals surface area contributed by atoms with E-state index in [-0.39, 0.29) is 30.3 Å². The van der Waals surface area contributed by atoms with Crippen LogP contribution in [0.1, 0.15) is 51.1 Å². The minimum Gasteiger partial charge on any atom is -0.348 e. The number of rotatable bonds is 4. The molecule has 1 aliphatic carbocycles. The summed E-state index contributed by atoms with van der Waals surface area (Å²) in [4.78, 5) is 38.7. The van der Waals surface area contributed by atoms with Gasteiger partial charge in [-0.3, -0.25) is 14.5 Å². The number of hydrogen-bond acceptors (Lipinski definition) is 3. The van der Waals surface area contributed by atoms with E-state index in [9.17, 15) is 14.4 Å². The Morgan fingerprint density at radius 3 is 2.81 bits per heavy atom. The van der Waals surface area contributed by atoms with E-state index >= 15 is 0 Å². The van der Waals surface area contributed by atoms with Crippen LogP contribution in [-0.4, -0.2) is 34.8 Å². The van der Waals surface area contributed by atoms with E-state index in [4.69, 9.17) is 11.6 Å². The summed E-state index contributed by atoms with van der Waals surface area (Å²) < 4.78 is 0. The standard InChI is InChI=1S/C19H24ClN3O3/c1-12-7-5-6-10-19(12)17(25)23(18(26)22-19)11-16(24)21-13(2)14-8-3-4-9-15(14)20/h3-4,8-9,12-13H,5-7,10-11H2,1-2H3,(H,21,24)(H,22,26)/t12-,13-,19-/m0/s1. The van der Waals surface area contributed by atoms with Crippen LogP contribution in [0.25, 0.3) is 0 Å². The van der Waals surface area contributed by atoms with E-state index in [1.807, 2.05) is 32.0 Å². The lowest BCUT2D eigenvalue weighted by atomic mass is 9.73. The quantitative estimate of drug-likeness (QED) is 0.791. The molecule has 140 valence electrons. The predicted octanol–water partition coefficient (Wildman–Crippen LogP) is 3.02. The summed E-state index contributed by atoms with van der Waals surface area (Å²) >= 11 is 6.15. The van der Waals surface area contributed by atoms with Crippen molar-refractivity contribution in [2.45, 2.75) is 51.1 Å². The molecule has 26 heavy (non-hydrogen) atoms. The molecular weight excluding hydrogens is 354 g/mol. The number of benzene rings is 1. The van der Waals surface area contributed by atoms with Crippen molar-refractivity contribution < 1.29 is 14.4 Å². The van der Waals surface area contributed by atoms with E-state index in [1.54, 1.807) is 6.07 Å². The largest absolute Gasteiger partial charge is 0.348 e. The van der Waals surface area contributed by atoms with Gasteiger partial charge in [0.2, 0.25) is 5.91 Å². The lowest BCUT2D eigenvalue weighted by molar-refractivity contribution is -0.137. The number of hydrogen-bond donors (Lipinski definition) is 2. The summed E-state index contributed by atoms with van der Waals surface area (Å²) in [6.45, 7) is 3.52. The first kappa shape index (κ1) is 18.7. The zero-order valence-electron chi connectivity index (χ0n) is 15.0. The van der Waals surface area contributed by atoms with Gasteiger partial charge in [0.05, 0.1) is 6.04 Å². The Bertz CT molecular complexity index is 738. The molecule has 3 atom stereocenters. The molecule has 0 unspecified atom stereocenters. The highest BCUT2D eigenvalue weighted by molar-refractivity contribution is 6.31. The lowest BCUT2D eigenvalue weighted by Gasteiger charge is -2.36. The van der Waals surface area contributed by atoms with Crippen molar-refractivity contribution in [3.63, 3.8) is 0 Å². The fraction of sp³-hybridized carbons (Fsp3) is 0.526. The molecule has 6 nitrogen and oxygen atoms in total. The van der Waals surface area contributed by atoms with Crippen molar-refractivity contribution in [1.82, 2.24) is 15.5 Å². The molecule has 0 aromatic heterocycles. The number of carbonyl (C=O) groups is 3. The Hall–Kier alpha value is -2.08. The van der Waals surface area contributed by atoms with Crippen molar-refractivity contribution in [2.24, 2.45) is 5.92 Å². The second-order valence-electron chi connectivity index (χ2n) is 7.25. The third-order valence-electron chi connectivity index (χ3n) is 5.55. The molecule has 1 heterocycles. The average molecular weight is 378 g/mol. The van der Waals surface area contributed by atoms with Crippen LogP contribution in [0.2, 0.25) is 5.02 Å². The third-order valence-corrected chi connectivity index (χ3v) is 5.90. The smallest absolute Gasteiger partial charge is 0.325 e. The highest BCUT2D eigenvalue weighted by Crippen LogP contribution is 2.38. The first-order valence-electron chi connectivity index (χ1n) is 9.03. The molecule has 1 spiro atoms. The molecular formula is C19H24ClN3O3. The number of nitrogens with zero attached hydrogens (tertiary/aromatic N) is 1. The van der Waals surface area contributed by atoms with Crippen molar-refractivity contribution in [1.29, 1.82) is 0 Å². The van der Waals surface area contributed by atoms with Crippen LogP contribution in [0.3, 0.4) is 0 Å². The zero-order valence-corrected chi connectivity index (χ0v) is 15.8. The molecule has 1 aromatic rings. The lowest BCUT2D eigenvalue weighted by Crippen LogP contribution is -2.54. The Morgan fingerprint density at radius 1 is 1.38 bits per heavy atom. The van der Waals surface area contributed by atoms with Gasteiger partial charge in [0, 0.05) is 5.02 Å². The molecule has 0 bridgehead atoms. The number of halogens is 1. The monoisotopic (exact) mass is 377 g/mol. The van der Waals surface area contributed by atoms with Crippen LogP contribution in [0.15, 0.2) is 24.3 Å². The highest BCUT2D eigenvalue weighted by atomic mass is 35.5. The number of urea groups is 1. The van der Waals surface area contributed by atoms with Gasteiger partial charge >= 0.3 is 6.03 Å². The van der Waals surface area contributed by atoms with Gasteiger partial charge in [-0.1, -0.05) is 49.6 Å². The van der Waals surface area contributed by atoms with Crippen LogP contribution in [0.4, 0.5) is 4.79 Å². The predicted molar refractivity (Wildman–Crippen MR) is 98.6 cm³/mol. The molecule has 7 heteroatoms. The molecule has 3 rings (SSSR count). The Morgan fingerprint density at radius 2 is 2.12 bits per heavy atom. The fourth-order valence-corrected chi connectivity index (χ4v) is 4.27. The number of nitrogens with one attached hydrogen (secondary N) is 2. The minimum atomic E-state index is -0.843. The normalized spacial score (nSPS) is 26.7. The van der Waals surface area contributed by atoms with E-state index in [2.05, 4.69) is 10.6 Å². The maximum absolute atomic E-state index is 12.9. The van der Waals surface area contributed by atoms with E-state index in [0.717, 1.165) is 29.7 Å². The topological polar surface area (TPSA) is 78.5 Å². The molecule has 2 fully saturated rings. The minimum absolute atomic E-state index is 0.0720. The van der Waals surface area contributed by atoms with Gasteiger partial charge < -0.3 is 10.6 Å². The van der Waals surface area contributed by atoms with Gasteiger partial charge in [0.1, 0.15) is 12.1 Å². The van der Waals surface area contributed by atoms with E-state index in [0.29, 0.717) is 11.4 Å². The first-order chi connectivity index (χ1) is 12.3. The second kappa shape index (κ2) is 7.27. The van der Waals surface area contributed by atoms with Gasteiger partial charge in [-0.15, -0.1) is 0 Å². The number of imide groups is 1. The Labute approximate surface area is 158 Å². The van der Waals surface area contributed by atoms with Crippen molar-refractivity contribution in [3.8, 4) is 0 Å². The zero-order chi connectivity index (χ0) is 18.9. The average Bonchev–Trinajstić information content (AvgIpc) is 2.83. The van der Waals surface area contributed by atoms with Crippen molar-refractivity contribution in [2.75, 3.05) is 6.54 Å². The Kier molecular flexibility index (Phi) is 5.23. The Balaban J connectivity index is 1.67. The summed E-state index contributed by atoms with van der Waals surface area (Å²) in [7, 11) is 0. The molecule has 4 amide bonds. The summed E-state index contributed by atoms with van der Waals surface area (Å²) in [6, 6.07) is 6.45. The van der Waals surface area contributed by atoms with Crippen molar-refractivity contribution >= 4 is 29.4 Å². The number of carbonyl (C=O) groups excluding carboxylic acids is 3. The SMILES string of the molecule is C[C@H](NC(=O)CN1C(=O)N[C@]2(CCCC[C@@H]2C)C1=O)c1ccccc1Cl. The summed E-state index contributed by atoms with van der Waals surface area (Å²) in [5.41, 5.74) is -0.0543. The maximum atomic E-state index is 12.9. The fourth-order valence-electron chi connectivity index (χ4n) is 3.97.